The molecular formula is C15H22N2O2S. The molecule has 0 saturated carbocycles. The van der Waals surface area contributed by atoms with Gasteiger partial charge < -0.3 is 10.2 Å². The van der Waals surface area contributed by atoms with Crippen LogP contribution in [0.2, 0.25) is 0 Å². The van der Waals surface area contributed by atoms with Crippen molar-refractivity contribution in [2.75, 3.05) is 0 Å². The summed E-state index contributed by atoms with van der Waals surface area (Å²) < 4.78 is 0. The molecule has 0 spiro atoms. The van der Waals surface area contributed by atoms with Gasteiger partial charge in [-0.05, 0) is 30.7 Å². The predicted molar refractivity (Wildman–Crippen MR) is 80.4 cm³/mol. The highest BCUT2D eigenvalue weighted by atomic mass is 32.1. The molecule has 1 aliphatic heterocycles. The summed E-state index contributed by atoms with van der Waals surface area (Å²) in [6, 6.07) is 3.19. The van der Waals surface area contributed by atoms with E-state index in [0.717, 1.165) is 11.3 Å². The van der Waals surface area contributed by atoms with E-state index in [4.69, 9.17) is 0 Å². The zero-order chi connectivity index (χ0) is 14.9. The van der Waals surface area contributed by atoms with Gasteiger partial charge in [0, 0.05) is 4.88 Å². The molecule has 2 rings (SSSR count). The van der Waals surface area contributed by atoms with E-state index in [1.807, 2.05) is 31.4 Å². The van der Waals surface area contributed by atoms with Gasteiger partial charge in [-0.25, -0.2) is 0 Å². The summed E-state index contributed by atoms with van der Waals surface area (Å²) in [6.07, 6.45) is 0.814. The second-order valence-corrected chi connectivity index (χ2v) is 6.57. The van der Waals surface area contributed by atoms with Crippen LogP contribution in [0.3, 0.4) is 0 Å². The van der Waals surface area contributed by atoms with E-state index in [2.05, 4.69) is 12.2 Å². The van der Waals surface area contributed by atoms with E-state index in [1.165, 1.54) is 0 Å². The Balaban J connectivity index is 2.35. The predicted octanol–water partition coefficient (Wildman–Crippen LogP) is 2.57. The van der Waals surface area contributed by atoms with Gasteiger partial charge in [-0.1, -0.05) is 26.8 Å². The van der Waals surface area contributed by atoms with Gasteiger partial charge in [-0.3, -0.25) is 9.59 Å². The van der Waals surface area contributed by atoms with Crippen molar-refractivity contribution in [2.45, 2.75) is 52.2 Å². The topological polar surface area (TPSA) is 49.4 Å². The molecule has 1 aliphatic rings. The maximum atomic E-state index is 12.7. The lowest BCUT2D eigenvalue weighted by atomic mass is 9.96. The van der Waals surface area contributed by atoms with Crippen LogP contribution in [0, 0.1) is 5.92 Å². The molecule has 2 amide bonds. The lowest BCUT2D eigenvalue weighted by Gasteiger charge is -2.42. The van der Waals surface area contributed by atoms with Crippen LogP contribution in [0.15, 0.2) is 17.5 Å². The van der Waals surface area contributed by atoms with Crippen molar-refractivity contribution in [3.63, 3.8) is 0 Å². The molecule has 4 nitrogen and oxygen atoms in total. The largest absolute Gasteiger partial charge is 0.342 e. The third kappa shape index (κ3) is 2.59. The molecule has 3 unspecified atom stereocenters. The van der Waals surface area contributed by atoms with Crippen LogP contribution in [0.4, 0.5) is 0 Å². The third-order valence-corrected chi connectivity index (χ3v) is 4.85. The minimum absolute atomic E-state index is 0.00944. The zero-order valence-corrected chi connectivity index (χ0v) is 13.2. The van der Waals surface area contributed by atoms with Gasteiger partial charge in [0.1, 0.15) is 12.1 Å². The summed E-state index contributed by atoms with van der Waals surface area (Å²) in [7, 11) is 0. The molecule has 20 heavy (non-hydrogen) atoms. The number of rotatable bonds is 4. The summed E-state index contributed by atoms with van der Waals surface area (Å²) in [6.45, 7) is 7.79. The van der Waals surface area contributed by atoms with Crippen molar-refractivity contribution < 1.29 is 9.59 Å². The smallest absolute Gasteiger partial charge is 0.246 e. The van der Waals surface area contributed by atoms with Crippen LogP contribution in [-0.2, 0) is 9.59 Å². The summed E-state index contributed by atoms with van der Waals surface area (Å²) in [5.41, 5.74) is 0. The first-order valence-electron chi connectivity index (χ1n) is 7.13. The number of nitrogens with zero attached hydrogens (tertiary/aromatic N) is 1. The first kappa shape index (κ1) is 15.0. The number of carbonyl (C=O) groups excluding carboxylic acids is 2. The highest BCUT2D eigenvalue weighted by Gasteiger charge is 2.42. The molecule has 1 N–H and O–H groups in total. The Morgan fingerprint density at radius 3 is 2.60 bits per heavy atom. The maximum Gasteiger partial charge on any atom is 0.246 e. The van der Waals surface area contributed by atoms with Gasteiger partial charge in [-0.15, -0.1) is 11.3 Å². The van der Waals surface area contributed by atoms with Crippen LogP contribution in [0.5, 0.6) is 0 Å². The minimum Gasteiger partial charge on any atom is -0.342 e. The molecule has 1 saturated heterocycles. The van der Waals surface area contributed by atoms with E-state index in [9.17, 15) is 9.59 Å². The van der Waals surface area contributed by atoms with E-state index in [-0.39, 0.29) is 23.8 Å². The van der Waals surface area contributed by atoms with Gasteiger partial charge in [0.05, 0.1) is 6.04 Å². The maximum absolute atomic E-state index is 12.7. The van der Waals surface area contributed by atoms with Gasteiger partial charge in [0.2, 0.25) is 11.8 Å². The fourth-order valence-electron chi connectivity index (χ4n) is 2.70. The molecule has 1 aromatic heterocycles. The first-order valence-corrected chi connectivity index (χ1v) is 8.01. The Morgan fingerprint density at radius 2 is 2.10 bits per heavy atom. The van der Waals surface area contributed by atoms with Crippen LogP contribution in [0.25, 0.3) is 0 Å². The molecule has 0 bridgehead atoms. The highest BCUT2D eigenvalue weighted by Crippen LogP contribution is 2.32. The van der Waals surface area contributed by atoms with Crippen LogP contribution in [0.1, 0.15) is 45.0 Å². The molecule has 2 heterocycles. The Labute approximate surface area is 124 Å². The number of thiophene rings is 1. The van der Waals surface area contributed by atoms with E-state index >= 15 is 0 Å². The quantitative estimate of drug-likeness (QED) is 0.928. The number of hydrogen-bond donors (Lipinski definition) is 1. The van der Waals surface area contributed by atoms with Crippen LogP contribution in [-0.4, -0.2) is 28.8 Å². The minimum atomic E-state index is -0.412. The molecule has 1 aromatic rings. The average Bonchev–Trinajstić information content (AvgIpc) is 2.92. The second kappa shape index (κ2) is 5.95. The van der Waals surface area contributed by atoms with Crippen LogP contribution >= 0.6 is 11.3 Å². The SMILES string of the molecule is CCC(c1cccs1)N1C(=O)C(C(C)C)NC(=O)C1C. The van der Waals surface area contributed by atoms with Crippen molar-refractivity contribution in [3.8, 4) is 0 Å². The molecule has 3 atom stereocenters. The fraction of sp³-hybridized carbons (Fsp3) is 0.600. The van der Waals surface area contributed by atoms with Crippen molar-refractivity contribution >= 4 is 23.2 Å². The number of amides is 2. The fourth-order valence-corrected chi connectivity index (χ4v) is 3.61. The molecule has 0 aromatic carbocycles. The Hall–Kier alpha value is -1.36. The van der Waals surface area contributed by atoms with Crippen molar-refractivity contribution in [1.29, 1.82) is 0 Å². The summed E-state index contributed by atoms with van der Waals surface area (Å²) in [4.78, 5) is 27.8. The highest BCUT2D eigenvalue weighted by molar-refractivity contribution is 7.10. The molecular weight excluding hydrogens is 272 g/mol. The first-order chi connectivity index (χ1) is 9.47. The summed E-state index contributed by atoms with van der Waals surface area (Å²) >= 11 is 1.64. The lowest BCUT2D eigenvalue weighted by molar-refractivity contribution is -0.153. The molecule has 0 aliphatic carbocycles. The Morgan fingerprint density at radius 1 is 1.40 bits per heavy atom. The van der Waals surface area contributed by atoms with Crippen LogP contribution < -0.4 is 5.32 Å². The molecule has 110 valence electrons. The van der Waals surface area contributed by atoms with E-state index in [0.29, 0.717) is 0 Å². The Bertz CT molecular complexity index is 484. The van der Waals surface area contributed by atoms with Gasteiger partial charge in [0.15, 0.2) is 0 Å². The third-order valence-electron chi connectivity index (χ3n) is 3.88. The normalized spacial score (nSPS) is 24.9. The lowest BCUT2D eigenvalue weighted by Crippen LogP contribution is -2.64. The number of piperazine rings is 1. The second-order valence-electron chi connectivity index (χ2n) is 5.59. The molecule has 5 heteroatoms. The van der Waals surface area contributed by atoms with Crippen molar-refractivity contribution in [2.24, 2.45) is 5.92 Å². The van der Waals surface area contributed by atoms with Gasteiger partial charge >= 0.3 is 0 Å². The van der Waals surface area contributed by atoms with Gasteiger partial charge in [0.25, 0.3) is 0 Å². The Kier molecular flexibility index (Phi) is 4.48. The average molecular weight is 294 g/mol. The zero-order valence-electron chi connectivity index (χ0n) is 12.4. The van der Waals surface area contributed by atoms with Crippen molar-refractivity contribution in [1.82, 2.24) is 10.2 Å². The number of nitrogens with one attached hydrogen (secondary N) is 1. The number of hydrogen-bond acceptors (Lipinski definition) is 3. The van der Waals surface area contributed by atoms with E-state index < -0.39 is 12.1 Å². The summed E-state index contributed by atoms with van der Waals surface area (Å²) in [5, 5.41) is 4.85. The summed E-state index contributed by atoms with van der Waals surface area (Å²) in [5.74, 6) is 0.0768. The van der Waals surface area contributed by atoms with Crippen molar-refractivity contribution in [3.05, 3.63) is 22.4 Å². The molecule has 1 fully saturated rings. The molecule has 0 radical (unpaired) electrons. The standard InChI is InChI=1S/C15H22N2O2S/c1-5-11(12-7-6-8-20-12)17-10(4)14(18)16-13(9(2)3)15(17)19/h6-11,13H,5H2,1-4H3,(H,16,18). The number of carbonyl (C=O) groups is 2. The van der Waals surface area contributed by atoms with Gasteiger partial charge in [-0.2, -0.15) is 0 Å². The van der Waals surface area contributed by atoms with E-state index in [1.54, 1.807) is 23.2 Å². The monoisotopic (exact) mass is 294 g/mol.